The topological polar surface area (TPSA) is 91.6 Å². The number of nitrogens with zero attached hydrogens (tertiary/aromatic N) is 3. The van der Waals surface area contributed by atoms with Crippen LogP contribution >= 0.6 is 0 Å². The van der Waals surface area contributed by atoms with E-state index in [1.54, 1.807) is 6.07 Å². The minimum Gasteiger partial charge on any atom is -0.364 e. The highest BCUT2D eigenvalue weighted by Crippen LogP contribution is 2.22. The van der Waals surface area contributed by atoms with Crippen LogP contribution in [0.15, 0.2) is 18.3 Å². The fourth-order valence-corrected chi connectivity index (χ4v) is 3.82. The number of aromatic nitrogens is 1. The van der Waals surface area contributed by atoms with Gasteiger partial charge in [-0.2, -0.15) is 0 Å². The Balaban J connectivity index is 1.50. The second-order valence-electron chi connectivity index (χ2n) is 7.66. The number of primary amides is 1. The Morgan fingerprint density at radius 2 is 2.00 bits per heavy atom. The smallest absolute Gasteiger partial charge is 0.321 e. The lowest BCUT2D eigenvalue weighted by Crippen LogP contribution is -2.46. The maximum absolute atomic E-state index is 12.5. The summed E-state index contributed by atoms with van der Waals surface area (Å²) >= 11 is 0. The molecule has 3 N–H and O–H groups in total. The van der Waals surface area contributed by atoms with E-state index in [2.05, 4.69) is 22.1 Å². The molecule has 1 atom stereocenters. The molecule has 3 rings (SSSR count). The zero-order valence-corrected chi connectivity index (χ0v) is 15.5. The van der Waals surface area contributed by atoms with Crippen LogP contribution in [0.3, 0.4) is 0 Å². The fourth-order valence-electron chi connectivity index (χ4n) is 3.82. The summed E-state index contributed by atoms with van der Waals surface area (Å²) in [6.07, 6.45) is 6.26. The molecular formula is C19H29N5O2. The number of amides is 3. The van der Waals surface area contributed by atoms with Crippen molar-refractivity contribution in [2.24, 2.45) is 17.6 Å². The van der Waals surface area contributed by atoms with E-state index in [0.717, 1.165) is 32.0 Å². The fraction of sp³-hybridized carbons (Fsp3) is 0.632. The van der Waals surface area contributed by atoms with Gasteiger partial charge in [0.25, 0.3) is 5.91 Å². The van der Waals surface area contributed by atoms with Crippen LogP contribution in [0.4, 0.5) is 10.5 Å². The maximum atomic E-state index is 12.5. The number of carbonyl (C=O) groups is 2. The van der Waals surface area contributed by atoms with E-state index in [4.69, 9.17) is 5.73 Å². The first-order valence-electron chi connectivity index (χ1n) is 9.55. The van der Waals surface area contributed by atoms with Crippen molar-refractivity contribution in [2.75, 3.05) is 38.0 Å². The van der Waals surface area contributed by atoms with E-state index in [-0.39, 0.29) is 11.7 Å². The predicted octanol–water partition coefficient (Wildman–Crippen LogP) is 2.16. The van der Waals surface area contributed by atoms with Crippen molar-refractivity contribution >= 4 is 17.6 Å². The molecule has 1 aromatic heterocycles. The summed E-state index contributed by atoms with van der Waals surface area (Å²) in [5.74, 6) is 0.807. The van der Waals surface area contributed by atoms with Crippen molar-refractivity contribution in [1.29, 1.82) is 0 Å². The van der Waals surface area contributed by atoms with Crippen molar-refractivity contribution in [3.05, 3.63) is 24.0 Å². The number of piperidine rings is 2. The number of nitrogens with one attached hydrogen (secondary N) is 1. The average molecular weight is 359 g/mol. The molecule has 2 aliphatic heterocycles. The first kappa shape index (κ1) is 18.6. The number of likely N-dealkylation sites (tertiary alicyclic amines) is 2. The SMILES string of the molecule is CC1CCN(CC2CCCN(C(=O)Nc3ccc(C(N)=O)nc3)C2)CC1. The monoisotopic (exact) mass is 359 g/mol. The molecule has 2 aliphatic rings. The summed E-state index contributed by atoms with van der Waals surface area (Å²) in [4.78, 5) is 32.0. The van der Waals surface area contributed by atoms with Gasteiger partial charge < -0.3 is 20.9 Å². The molecule has 0 aliphatic carbocycles. The molecule has 0 aromatic carbocycles. The molecular weight excluding hydrogens is 330 g/mol. The van der Waals surface area contributed by atoms with Gasteiger partial charge >= 0.3 is 6.03 Å². The van der Waals surface area contributed by atoms with E-state index < -0.39 is 5.91 Å². The lowest BCUT2D eigenvalue weighted by molar-refractivity contribution is 0.0995. The molecule has 1 aromatic rings. The number of rotatable bonds is 4. The van der Waals surface area contributed by atoms with E-state index in [0.29, 0.717) is 11.6 Å². The summed E-state index contributed by atoms with van der Waals surface area (Å²) in [6.45, 7) is 7.36. The largest absolute Gasteiger partial charge is 0.364 e. The highest BCUT2D eigenvalue weighted by molar-refractivity contribution is 5.92. The van der Waals surface area contributed by atoms with Gasteiger partial charge in [0, 0.05) is 19.6 Å². The predicted molar refractivity (Wildman–Crippen MR) is 101 cm³/mol. The van der Waals surface area contributed by atoms with Crippen molar-refractivity contribution in [1.82, 2.24) is 14.8 Å². The van der Waals surface area contributed by atoms with Crippen molar-refractivity contribution in [3.8, 4) is 0 Å². The Hall–Kier alpha value is -2.15. The Bertz CT molecular complexity index is 625. The minimum absolute atomic E-state index is 0.101. The van der Waals surface area contributed by atoms with Gasteiger partial charge in [-0.15, -0.1) is 0 Å². The summed E-state index contributed by atoms with van der Waals surface area (Å²) in [6, 6.07) is 3.07. The standard InChI is InChI=1S/C19H29N5O2/c1-14-6-9-23(10-7-14)12-15-3-2-8-24(13-15)19(26)22-16-4-5-17(18(20)25)21-11-16/h4-5,11,14-15H,2-3,6-10,12-13H2,1H3,(H2,20,25)(H,22,26). The zero-order chi connectivity index (χ0) is 18.5. The van der Waals surface area contributed by atoms with Crippen LogP contribution in [0.5, 0.6) is 0 Å². The normalized spacial score (nSPS) is 22.2. The number of pyridine rings is 1. The Morgan fingerprint density at radius 1 is 1.23 bits per heavy atom. The highest BCUT2D eigenvalue weighted by Gasteiger charge is 2.26. The van der Waals surface area contributed by atoms with Gasteiger partial charge in [0.2, 0.25) is 0 Å². The molecule has 0 spiro atoms. The lowest BCUT2D eigenvalue weighted by Gasteiger charge is -2.37. The number of hydrogen-bond donors (Lipinski definition) is 2. The molecule has 3 amide bonds. The maximum Gasteiger partial charge on any atom is 0.321 e. The zero-order valence-electron chi connectivity index (χ0n) is 15.5. The van der Waals surface area contributed by atoms with Crippen LogP contribution in [0.25, 0.3) is 0 Å². The molecule has 0 saturated carbocycles. The molecule has 7 heteroatoms. The average Bonchev–Trinajstić information content (AvgIpc) is 2.64. The highest BCUT2D eigenvalue weighted by atomic mass is 16.2. The molecule has 0 radical (unpaired) electrons. The van der Waals surface area contributed by atoms with E-state index >= 15 is 0 Å². The van der Waals surface area contributed by atoms with E-state index in [1.165, 1.54) is 44.6 Å². The van der Waals surface area contributed by atoms with Crippen LogP contribution in [-0.2, 0) is 0 Å². The molecule has 2 fully saturated rings. The number of hydrogen-bond acceptors (Lipinski definition) is 4. The first-order valence-corrected chi connectivity index (χ1v) is 9.55. The summed E-state index contributed by atoms with van der Waals surface area (Å²) < 4.78 is 0. The second-order valence-corrected chi connectivity index (χ2v) is 7.66. The van der Waals surface area contributed by atoms with Crippen LogP contribution in [-0.4, -0.2) is 59.4 Å². The van der Waals surface area contributed by atoms with Crippen molar-refractivity contribution < 1.29 is 9.59 Å². The molecule has 2 saturated heterocycles. The summed E-state index contributed by atoms with van der Waals surface area (Å²) in [7, 11) is 0. The number of urea groups is 1. The lowest BCUT2D eigenvalue weighted by atomic mass is 9.94. The quantitative estimate of drug-likeness (QED) is 0.862. The molecule has 0 bridgehead atoms. The van der Waals surface area contributed by atoms with Gasteiger partial charge in [-0.05, 0) is 62.7 Å². The number of anilines is 1. The summed E-state index contributed by atoms with van der Waals surface area (Å²) in [5, 5.41) is 2.87. The van der Waals surface area contributed by atoms with Gasteiger partial charge in [0.1, 0.15) is 5.69 Å². The second kappa shape index (κ2) is 8.49. The van der Waals surface area contributed by atoms with Gasteiger partial charge in [-0.1, -0.05) is 6.92 Å². The van der Waals surface area contributed by atoms with Crippen molar-refractivity contribution in [2.45, 2.75) is 32.6 Å². The van der Waals surface area contributed by atoms with Crippen LogP contribution in [0, 0.1) is 11.8 Å². The van der Waals surface area contributed by atoms with E-state index in [1.807, 2.05) is 4.90 Å². The van der Waals surface area contributed by atoms with Gasteiger partial charge in [0.15, 0.2) is 0 Å². The van der Waals surface area contributed by atoms with Gasteiger partial charge in [0.05, 0.1) is 11.9 Å². The molecule has 1 unspecified atom stereocenters. The third kappa shape index (κ3) is 4.94. The van der Waals surface area contributed by atoms with E-state index in [9.17, 15) is 9.59 Å². The Kier molecular flexibility index (Phi) is 6.08. The molecule has 3 heterocycles. The third-order valence-corrected chi connectivity index (χ3v) is 5.47. The van der Waals surface area contributed by atoms with Crippen LogP contribution in [0.2, 0.25) is 0 Å². The number of nitrogens with two attached hydrogens (primary N) is 1. The minimum atomic E-state index is -0.575. The van der Waals surface area contributed by atoms with Crippen LogP contribution in [0.1, 0.15) is 43.1 Å². The number of carbonyl (C=O) groups excluding carboxylic acids is 2. The van der Waals surface area contributed by atoms with Crippen molar-refractivity contribution in [3.63, 3.8) is 0 Å². The molecule has 142 valence electrons. The first-order chi connectivity index (χ1) is 12.5. The third-order valence-electron chi connectivity index (χ3n) is 5.47. The summed E-state index contributed by atoms with van der Waals surface area (Å²) in [5.41, 5.74) is 5.95. The van der Waals surface area contributed by atoms with Gasteiger partial charge in [-0.3, -0.25) is 4.79 Å². The Labute approximate surface area is 154 Å². The van der Waals surface area contributed by atoms with Crippen LogP contribution < -0.4 is 11.1 Å². The van der Waals surface area contributed by atoms with Gasteiger partial charge in [-0.25, -0.2) is 9.78 Å². The molecule has 7 nitrogen and oxygen atoms in total. The Morgan fingerprint density at radius 3 is 2.65 bits per heavy atom. The molecule has 26 heavy (non-hydrogen) atoms.